The van der Waals surface area contributed by atoms with E-state index >= 15 is 0 Å². The van der Waals surface area contributed by atoms with E-state index < -0.39 is 10.0 Å². The fourth-order valence-corrected chi connectivity index (χ4v) is 3.48. The molecule has 21 heavy (non-hydrogen) atoms. The van der Waals surface area contributed by atoms with Crippen molar-refractivity contribution in [3.05, 3.63) is 27.7 Å². The van der Waals surface area contributed by atoms with Crippen LogP contribution in [0.5, 0.6) is 0 Å². The average Bonchev–Trinajstić information content (AvgIpc) is 2.40. The number of likely N-dealkylation sites (tertiary alicyclic amines) is 1. The van der Waals surface area contributed by atoms with Gasteiger partial charge in [-0.05, 0) is 38.3 Å². The Kier molecular flexibility index (Phi) is 4.82. The van der Waals surface area contributed by atoms with Crippen molar-refractivity contribution in [3.63, 3.8) is 0 Å². The molecule has 5 nitrogen and oxygen atoms in total. The Balaban J connectivity index is 2.47. The maximum absolute atomic E-state index is 12.6. The summed E-state index contributed by atoms with van der Waals surface area (Å²) >= 11 is 12.0. The van der Waals surface area contributed by atoms with Gasteiger partial charge < -0.3 is 4.90 Å². The standard InChI is InChI=1S/C13H16Cl2N2O3S/c1-8-4-2-3-5-17(8)13(18)10-6-9(21(16,19)20)7-11(14)12(10)15/h6-8H,2-5H2,1H3,(H2,16,19,20). The molecule has 1 heterocycles. The summed E-state index contributed by atoms with van der Waals surface area (Å²) in [7, 11) is -3.96. The lowest BCUT2D eigenvalue weighted by Gasteiger charge is -2.33. The van der Waals surface area contributed by atoms with Gasteiger partial charge in [-0.25, -0.2) is 13.6 Å². The Morgan fingerprint density at radius 1 is 1.33 bits per heavy atom. The van der Waals surface area contributed by atoms with Crippen molar-refractivity contribution in [2.45, 2.75) is 37.1 Å². The summed E-state index contributed by atoms with van der Waals surface area (Å²) < 4.78 is 22.9. The van der Waals surface area contributed by atoms with E-state index in [2.05, 4.69) is 0 Å². The Morgan fingerprint density at radius 2 is 2.00 bits per heavy atom. The van der Waals surface area contributed by atoms with Gasteiger partial charge in [0.1, 0.15) is 0 Å². The van der Waals surface area contributed by atoms with Crippen molar-refractivity contribution in [1.29, 1.82) is 0 Å². The molecule has 1 unspecified atom stereocenters. The lowest BCUT2D eigenvalue weighted by molar-refractivity contribution is 0.0635. The van der Waals surface area contributed by atoms with Gasteiger partial charge in [-0.2, -0.15) is 0 Å². The van der Waals surface area contributed by atoms with Gasteiger partial charge in [0.05, 0.1) is 20.5 Å². The number of benzene rings is 1. The number of carbonyl (C=O) groups excluding carboxylic acids is 1. The number of nitrogens with zero attached hydrogens (tertiary/aromatic N) is 1. The van der Waals surface area contributed by atoms with E-state index in [0.717, 1.165) is 25.3 Å². The minimum Gasteiger partial charge on any atom is -0.336 e. The SMILES string of the molecule is CC1CCCCN1C(=O)c1cc(S(N)(=O)=O)cc(Cl)c1Cl. The van der Waals surface area contributed by atoms with Crippen molar-refractivity contribution < 1.29 is 13.2 Å². The number of sulfonamides is 1. The summed E-state index contributed by atoms with van der Waals surface area (Å²) in [5.41, 5.74) is 0.0712. The van der Waals surface area contributed by atoms with Crippen LogP contribution in [0, 0.1) is 0 Å². The highest BCUT2D eigenvalue weighted by Crippen LogP contribution is 2.31. The molecule has 2 N–H and O–H groups in total. The second kappa shape index (κ2) is 6.12. The molecular formula is C13H16Cl2N2O3S. The monoisotopic (exact) mass is 350 g/mol. The van der Waals surface area contributed by atoms with Crippen molar-refractivity contribution in [1.82, 2.24) is 4.90 Å². The van der Waals surface area contributed by atoms with Crippen molar-refractivity contribution in [3.8, 4) is 0 Å². The number of hydrogen-bond acceptors (Lipinski definition) is 3. The van der Waals surface area contributed by atoms with E-state index in [1.807, 2.05) is 6.92 Å². The van der Waals surface area contributed by atoms with E-state index in [9.17, 15) is 13.2 Å². The smallest absolute Gasteiger partial charge is 0.255 e. The summed E-state index contributed by atoms with van der Waals surface area (Å²) in [6.07, 6.45) is 2.89. The van der Waals surface area contributed by atoms with Crippen LogP contribution in [0.1, 0.15) is 36.5 Å². The highest BCUT2D eigenvalue weighted by atomic mass is 35.5. The van der Waals surface area contributed by atoms with Gasteiger partial charge in [0, 0.05) is 12.6 Å². The Bertz CT molecular complexity index is 676. The molecule has 1 saturated heterocycles. The lowest BCUT2D eigenvalue weighted by atomic mass is 10.0. The lowest BCUT2D eigenvalue weighted by Crippen LogP contribution is -2.42. The summed E-state index contributed by atoms with van der Waals surface area (Å²) in [6, 6.07) is 2.42. The third-order valence-corrected chi connectivity index (χ3v) is 5.32. The van der Waals surface area contributed by atoms with Crippen LogP contribution in [0.4, 0.5) is 0 Å². The predicted molar refractivity (Wildman–Crippen MR) is 82.2 cm³/mol. The largest absolute Gasteiger partial charge is 0.336 e. The summed E-state index contributed by atoms with van der Waals surface area (Å²) in [5.74, 6) is -0.320. The van der Waals surface area contributed by atoms with Gasteiger partial charge in [0.25, 0.3) is 5.91 Å². The summed E-state index contributed by atoms with van der Waals surface area (Å²) in [4.78, 5) is 14.1. The Labute approximate surface area is 134 Å². The molecule has 0 aliphatic carbocycles. The molecule has 116 valence electrons. The number of nitrogens with two attached hydrogens (primary N) is 1. The number of rotatable bonds is 2. The van der Waals surface area contributed by atoms with Crippen LogP contribution in [0.3, 0.4) is 0 Å². The van der Waals surface area contributed by atoms with Crippen LogP contribution < -0.4 is 5.14 Å². The second-order valence-corrected chi connectivity index (χ2v) is 7.50. The first-order valence-electron chi connectivity index (χ1n) is 6.54. The van der Waals surface area contributed by atoms with E-state index in [1.165, 1.54) is 6.07 Å². The van der Waals surface area contributed by atoms with Crippen LogP contribution in [-0.2, 0) is 10.0 Å². The normalized spacial score (nSPS) is 19.6. The Hall–Kier alpha value is -0.820. The third-order valence-electron chi connectivity index (χ3n) is 3.62. The highest BCUT2D eigenvalue weighted by molar-refractivity contribution is 7.89. The molecule has 1 atom stereocenters. The van der Waals surface area contributed by atoms with E-state index in [4.69, 9.17) is 28.3 Å². The number of primary sulfonamides is 1. The maximum atomic E-state index is 12.6. The number of hydrogen-bond donors (Lipinski definition) is 1. The van der Waals surface area contributed by atoms with Crippen molar-refractivity contribution in [2.75, 3.05) is 6.54 Å². The van der Waals surface area contributed by atoms with Gasteiger partial charge in [0.15, 0.2) is 0 Å². The first kappa shape index (κ1) is 16.5. The van der Waals surface area contributed by atoms with Crippen LogP contribution in [0.15, 0.2) is 17.0 Å². The van der Waals surface area contributed by atoms with Crippen LogP contribution in [0.25, 0.3) is 0 Å². The van der Waals surface area contributed by atoms with Gasteiger partial charge in [-0.3, -0.25) is 4.79 Å². The number of carbonyl (C=O) groups is 1. The van der Waals surface area contributed by atoms with Crippen LogP contribution >= 0.6 is 23.2 Å². The molecule has 1 aromatic carbocycles. The quantitative estimate of drug-likeness (QED) is 0.889. The zero-order valence-electron chi connectivity index (χ0n) is 11.5. The fraction of sp³-hybridized carbons (Fsp3) is 0.462. The van der Waals surface area contributed by atoms with Gasteiger partial charge in [-0.15, -0.1) is 0 Å². The van der Waals surface area contributed by atoms with Crippen LogP contribution in [0.2, 0.25) is 10.0 Å². The second-order valence-electron chi connectivity index (χ2n) is 5.15. The molecule has 0 bridgehead atoms. The highest BCUT2D eigenvalue weighted by Gasteiger charge is 2.27. The topological polar surface area (TPSA) is 80.5 Å². The van der Waals surface area contributed by atoms with Crippen LogP contribution in [-0.4, -0.2) is 31.8 Å². The molecule has 0 radical (unpaired) electrons. The molecule has 8 heteroatoms. The van der Waals surface area contributed by atoms with Crippen molar-refractivity contribution in [2.24, 2.45) is 5.14 Å². The van der Waals surface area contributed by atoms with E-state index in [1.54, 1.807) is 4.90 Å². The molecule has 1 aliphatic rings. The molecule has 0 saturated carbocycles. The van der Waals surface area contributed by atoms with Gasteiger partial charge >= 0.3 is 0 Å². The van der Waals surface area contributed by atoms with E-state index in [-0.39, 0.29) is 32.5 Å². The maximum Gasteiger partial charge on any atom is 0.255 e. The third kappa shape index (κ3) is 3.51. The fourth-order valence-electron chi connectivity index (χ4n) is 2.44. The molecule has 0 aromatic heterocycles. The minimum atomic E-state index is -3.96. The molecule has 0 spiro atoms. The first-order valence-corrected chi connectivity index (χ1v) is 8.85. The average molecular weight is 351 g/mol. The number of amides is 1. The van der Waals surface area contributed by atoms with Gasteiger partial charge in [0.2, 0.25) is 10.0 Å². The molecule has 1 aromatic rings. The molecular weight excluding hydrogens is 335 g/mol. The first-order chi connectivity index (χ1) is 9.71. The summed E-state index contributed by atoms with van der Waals surface area (Å²) in [5, 5.41) is 5.14. The van der Waals surface area contributed by atoms with E-state index in [0.29, 0.717) is 6.54 Å². The molecule has 2 rings (SSSR count). The molecule has 1 amide bonds. The minimum absolute atomic E-state index is 0.00351. The van der Waals surface area contributed by atoms with Gasteiger partial charge in [-0.1, -0.05) is 23.2 Å². The predicted octanol–water partition coefficient (Wildman–Crippen LogP) is 2.66. The number of piperidine rings is 1. The number of halogens is 2. The summed E-state index contributed by atoms with van der Waals surface area (Å²) in [6.45, 7) is 2.57. The molecule has 1 fully saturated rings. The molecule has 1 aliphatic heterocycles. The Morgan fingerprint density at radius 3 is 2.57 bits per heavy atom. The van der Waals surface area contributed by atoms with Crippen molar-refractivity contribution >= 4 is 39.1 Å². The zero-order valence-corrected chi connectivity index (χ0v) is 13.8. The zero-order chi connectivity index (χ0) is 15.8.